The van der Waals surface area contributed by atoms with Gasteiger partial charge in [-0.1, -0.05) is 30.3 Å². The summed E-state index contributed by atoms with van der Waals surface area (Å²) < 4.78 is 9.88. The van der Waals surface area contributed by atoms with Crippen LogP contribution in [0.3, 0.4) is 0 Å². The lowest BCUT2D eigenvalue weighted by molar-refractivity contribution is 0.0465. The molecule has 0 aliphatic rings. The van der Waals surface area contributed by atoms with E-state index in [4.69, 9.17) is 9.47 Å². The standard InChI is InChI=1S/C14H14N2O4/c1-2-19-13(17)11-8-12(16-15-11)14(18)20-9-10-6-4-3-5-7-10/h3-8H,2,9H2,1H3,(H,15,16). The predicted octanol–water partition coefficient (Wildman–Crippen LogP) is 1.94. The first kappa shape index (κ1) is 13.8. The molecule has 0 saturated carbocycles. The zero-order valence-electron chi connectivity index (χ0n) is 11.0. The Balaban J connectivity index is 1.94. The zero-order chi connectivity index (χ0) is 14.4. The molecule has 0 fully saturated rings. The average Bonchev–Trinajstić information content (AvgIpc) is 2.96. The Morgan fingerprint density at radius 1 is 1.15 bits per heavy atom. The number of carbonyl (C=O) groups excluding carboxylic acids is 2. The van der Waals surface area contributed by atoms with Crippen LogP contribution in [0.15, 0.2) is 36.4 Å². The largest absolute Gasteiger partial charge is 0.461 e. The number of nitrogens with zero attached hydrogens (tertiary/aromatic N) is 1. The highest BCUT2D eigenvalue weighted by atomic mass is 16.5. The summed E-state index contributed by atoms with van der Waals surface area (Å²) in [5.41, 5.74) is 1.05. The lowest BCUT2D eigenvalue weighted by atomic mass is 10.2. The van der Waals surface area contributed by atoms with Crippen molar-refractivity contribution in [2.45, 2.75) is 13.5 Å². The first-order valence-electron chi connectivity index (χ1n) is 6.14. The topological polar surface area (TPSA) is 81.3 Å². The van der Waals surface area contributed by atoms with E-state index in [9.17, 15) is 9.59 Å². The van der Waals surface area contributed by atoms with E-state index in [1.54, 1.807) is 6.92 Å². The van der Waals surface area contributed by atoms with E-state index < -0.39 is 11.9 Å². The predicted molar refractivity (Wildman–Crippen MR) is 70.1 cm³/mol. The van der Waals surface area contributed by atoms with Crippen LogP contribution in [0.2, 0.25) is 0 Å². The molecule has 0 amide bonds. The van der Waals surface area contributed by atoms with Gasteiger partial charge in [0.05, 0.1) is 6.61 Å². The lowest BCUT2D eigenvalue weighted by Gasteiger charge is -2.02. The zero-order valence-corrected chi connectivity index (χ0v) is 11.0. The fourth-order valence-corrected chi connectivity index (χ4v) is 1.54. The van der Waals surface area contributed by atoms with Gasteiger partial charge in [0.1, 0.15) is 12.3 Å². The fraction of sp³-hybridized carbons (Fsp3) is 0.214. The number of benzene rings is 1. The van der Waals surface area contributed by atoms with Crippen LogP contribution >= 0.6 is 0 Å². The van der Waals surface area contributed by atoms with E-state index in [0.717, 1.165) is 5.56 Å². The molecule has 0 bridgehead atoms. The van der Waals surface area contributed by atoms with Crippen molar-refractivity contribution in [2.75, 3.05) is 6.61 Å². The van der Waals surface area contributed by atoms with E-state index in [-0.39, 0.29) is 24.6 Å². The molecule has 1 N–H and O–H groups in total. The van der Waals surface area contributed by atoms with Gasteiger partial charge in [0.25, 0.3) is 0 Å². The van der Waals surface area contributed by atoms with Crippen LogP contribution in [-0.2, 0) is 16.1 Å². The average molecular weight is 274 g/mol. The van der Waals surface area contributed by atoms with Crippen LogP contribution in [0, 0.1) is 0 Å². The summed E-state index contributed by atoms with van der Waals surface area (Å²) in [7, 11) is 0. The number of hydrogen-bond donors (Lipinski definition) is 1. The van der Waals surface area contributed by atoms with E-state index >= 15 is 0 Å². The van der Waals surface area contributed by atoms with Gasteiger partial charge in [0.2, 0.25) is 0 Å². The Bertz CT molecular complexity index is 592. The molecule has 1 aromatic heterocycles. The first-order chi connectivity index (χ1) is 9.70. The maximum atomic E-state index is 11.8. The Morgan fingerprint density at radius 3 is 2.60 bits per heavy atom. The number of esters is 2. The second-order valence-corrected chi connectivity index (χ2v) is 3.95. The number of rotatable bonds is 5. The number of carbonyl (C=O) groups is 2. The molecule has 0 aliphatic heterocycles. The van der Waals surface area contributed by atoms with Crippen molar-refractivity contribution in [1.29, 1.82) is 0 Å². The number of hydrogen-bond acceptors (Lipinski definition) is 5. The van der Waals surface area contributed by atoms with Crippen molar-refractivity contribution in [2.24, 2.45) is 0 Å². The quantitative estimate of drug-likeness (QED) is 0.843. The summed E-state index contributed by atoms with van der Waals surface area (Å²) in [5, 5.41) is 6.17. The summed E-state index contributed by atoms with van der Waals surface area (Å²) in [6.07, 6.45) is 0. The van der Waals surface area contributed by atoms with Gasteiger partial charge in [0, 0.05) is 6.07 Å². The second-order valence-electron chi connectivity index (χ2n) is 3.95. The third-order valence-corrected chi connectivity index (χ3v) is 2.50. The van der Waals surface area contributed by atoms with Crippen LogP contribution in [0.5, 0.6) is 0 Å². The molecule has 2 aromatic rings. The van der Waals surface area contributed by atoms with Gasteiger partial charge in [-0.05, 0) is 12.5 Å². The van der Waals surface area contributed by atoms with Gasteiger partial charge in [-0.3, -0.25) is 5.10 Å². The monoisotopic (exact) mass is 274 g/mol. The van der Waals surface area contributed by atoms with Gasteiger partial charge in [-0.15, -0.1) is 0 Å². The van der Waals surface area contributed by atoms with Gasteiger partial charge in [-0.2, -0.15) is 5.10 Å². The Morgan fingerprint density at radius 2 is 1.90 bits per heavy atom. The highest BCUT2D eigenvalue weighted by molar-refractivity contribution is 5.92. The second kappa shape index (κ2) is 6.51. The Hall–Kier alpha value is -2.63. The molecule has 1 aromatic carbocycles. The molecule has 1 heterocycles. The molecule has 6 heteroatoms. The van der Waals surface area contributed by atoms with E-state index in [0.29, 0.717) is 0 Å². The van der Waals surface area contributed by atoms with Crippen LogP contribution in [0.1, 0.15) is 33.5 Å². The minimum atomic E-state index is -0.578. The third-order valence-electron chi connectivity index (χ3n) is 2.50. The number of aromatic nitrogens is 2. The highest BCUT2D eigenvalue weighted by Gasteiger charge is 2.16. The summed E-state index contributed by atoms with van der Waals surface area (Å²) in [5.74, 6) is -1.15. The van der Waals surface area contributed by atoms with E-state index in [2.05, 4.69) is 10.2 Å². The molecule has 0 atom stereocenters. The minimum absolute atomic E-state index is 0.0542. The van der Waals surface area contributed by atoms with Gasteiger partial charge in [0.15, 0.2) is 5.69 Å². The maximum absolute atomic E-state index is 11.8. The van der Waals surface area contributed by atoms with Crippen molar-refractivity contribution < 1.29 is 19.1 Å². The summed E-state index contributed by atoms with van der Waals surface area (Å²) in [4.78, 5) is 23.2. The van der Waals surface area contributed by atoms with E-state index in [1.807, 2.05) is 30.3 Å². The molecular formula is C14H14N2O4. The van der Waals surface area contributed by atoms with Crippen LogP contribution in [-0.4, -0.2) is 28.7 Å². The number of H-pyrrole nitrogens is 1. The summed E-state index contributed by atoms with van der Waals surface area (Å²) >= 11 is 0. The lowest BCUT2D eigenvalue weighted by Crippen LogP contribution is -2.06. The van der Waals surface area contributed by atoms with Crippen molar-refractivity contribution in [3.05, 3.63) is 53.3 Å². The molecule has 104 valence electrons. The smallest absolute Gasteiger partial charge is 0.358 e. The van der Waals surface area contributed by atoms with Crippen LogP contribution < -0.4 is 0 Å². The van der Waals surface area contributed by atoms with E-state index in [1.165, 1.54) is 6.07 Å². The summed E-state index contributed by atoms with van der Waals surface area (Å²) in [6.45, 7) is 2.10. The molecule has 6 nitrogen and oxygen atoms in total. The SMILES string of the molecule is CCOC(=O)c1cc(C(=O)OCc2ccccc2)[nH]n1. The normalized spacial score (nSPS) is 10.1. The summed E-state index contributed by atoms with van der Waals surface area (Å²) in [6, 6.07) is 10.6. The highest BCUT2D eigenvalue weighted by Crippen LogP contribution is 2.06. The first-order valence-corrected chi connectivity index (χ1v) is 6.14. The fourth-order valence-electron chi connectivity index (χ4n) is 1.54. The number of ether oxygens (including phenoxy) is 2. The molecule has 0 saturated heterocycles. The Labute approximate surface area is 115 Å². The molecule has 0 radical (unpaired) electrons. The Kier molecular flexibility index (Phi) is 4.49. The van der Waals surface area contributed by atoms with Crippen molar-refractivity contribution >= 4 is 11.9 Å². The van der Waals surface area contributed by atoms with Gasteiger partial charge >= 0.3 is 11.9 Å². The number of aromatic amines is 1. The molecule has 20 heavy (non-hydrogen) atoms. The minimum Gasteiger partial charge on any atom is -0.461 e. The molecule has 0 aliphatic carbocycles. The van der Waals surface area contributed by atoms with Crippen molar-refractivity contribution in [1.82, 2.24) is 10.2 Å². The van der Waals surface area contributed by atoms with Crippen molar-refractivity contribution in [3.63, 3.8) is 0 Å². The van der Waals surface area contributed by atoms with Crippen molar-refractivity contribution in [3.8, 4) is 0 Å². The maximum Gasteiger partial charge on any atom is 0.358 e. The van der Waals surface area contributed by atoms with Crippen LogP contribution in [0.25, 0.3) is 0 Å². The molecular weight excluding hydrogens is 260 g/mol. The van der Waals surface area contributed by atoms with Gasteiger partial charge in [-0.25, -0.2) is 9.59 Å². The molecule has 0 unspecified atom stereocenters. The number of nitrogens with one attached hydrogen (secondary N) is 1. The van der Waals surface area contributed by atoms with Crippen LogP contribution in [0.4, 0.5) is 0 Å². The third kappa shape index (κ3) is 3.44. The van der Waals surface area contributed by atoms with Gasteiger partial charge < -0.3 is 9.47 Å². The molecule has 0 spiro atoms. The molecule has 2 rings (SSSR count).